The summed E-state index contributed by atoms with van der Waals surface area (Å²) < 4.78 is 0. The number of primary amides is 1. The quantitative estimate of drug-likeness (QED) is 0.862. The third kappa shape index (κ3) is 3.89. The Morgan fingerprint density at radius 1 is 1.13 bits per heavy atom. The van der Waals surface area contributed by atoms with E-state index in [1.165, 1.54) is 37.4 Å². The van der Waals surface area contributed by atoms with E-state index in [0.29, 0.717) is 11.5 Å². The molecule has 0 unspecified atom stereocenters. The van der Waals surface area contributed by atoms with Crippen LogP contribution < -0.4 is 5.73 Å². The monoisotopic (exact) mass is 332 g/mol. The summed E-state index contributed by atoms with van der Waals surface area (Å²) in [4.78, 5) is 26.8. The number of thioether (sulfide) groups is 1. The minimum absolute atomic E-state index is 0.0987. The molecule has 0 aromatic heterocycles. The number of rotatable bonds is 4. The van der Waals surface area contributed by atoms with Gasteiger partial charge < -0.3 is 10.6 Å². The predicted octanol–water partition coefficient (Wildman–Crippen LogP) is 2.92. The molecule has 4 nitrogen and oxygen atoms in total. The number of fused-ring (bicyclic) bond motifs is 1. The Kier molecular flexibility index (Phi) is 5.26. The van der Waals surface area contributed by atoms with Gasteiger partial charge in [0, 0.05) is 18.0 Å². The van der Waals surface area contributed by atoms with Crippen LogP contribution in [0, 0.1) is 11.8 Å². The molecule has 0 spiro atoms. The fourth-order valence-electron chi connectivity index (χ4n) is 3.87. The molecule has 1 heterocycles. The zero-order valence-electron chi connectivity index (χ0n) is 13.4. The molecule has 2 amide bonds. The molecule has 2 N–H and O–H groups in total. The molecule has 1 saturated heterocycles. The van der Waals surface area contributed by atoms with Gasteiger partial charge in [0.1, 0.15) is 0 Å². The first-order valence-electron chi connectivity index (χ1n) is 8.44. The first-order chi connectivity index (χ1) is 11.1. The van der Waals surface area contributed by atoms with Gasteiger partial charge in [0.05, 0.1) is 11.3 Å². The number of nitrogens with two attached hydrogens (primary N) is 1. The summed E-state index contributed by atoms with van der Waals surface area (Å²) in [5.41, 5.74) is 5.93. The van der Waals surface area contributed by atoms with Crippen molar-refractivity contribution in [1.29, 1.82) is 0 Å². The third-order valence-electron chi connectivity index (χ3n) is 5.07. The fraction of sp³-hybridized carbons (Fsp3) is 0.556. The highest BCUT2D eigenvalue weighted by Gasteiger charge is 2.33. The molecule has 1 aliphatic carbocycles. The lowest BCUT2D eigenvalue weighted by Crippen LogP contribution is -2.44. The van der Waals surface area contributed by atoms with Crippen LogP contribution in [-0.2, 0) is 4.79 Å². The van der Waals surface area contributed by atoms with Gasteiger partial charge in [-0.05, 0) is 36.8 Å². The maximum absolute atomic E-state index is 12.9. The molecule has 23 heavy (non-hydrogen) atoms. The van der Waals surface area contributed by atoms with Crippen molar-refractivity contribution in [2.45, 2.75) is 37.0 Å². The van der Waals surface area contributed by atoms with Crippen LogP contribution in [0.15, 0.2) is 29.2 Å². The summed E-state index contributed by atoms with van der Waals surface area (Å²) in [6, 6.07) is 7.54. The lowest BCUT2D eigenvalue weighted by atomic mass is 9.75. The molecule has 2 fully saturated rings. The second-order valence-corrected chi connectivity index (χ2v) is 7.61. The number of hydrogen-bond acceptors (Lipinski definition) is 3. The van der Waals surface area contributed by atoms with Crippen molar-refractivity contribution in [3.05, 3.63) is 29.8 Å². The molecule has 2 atom stereocenters. The van der Waals surface area contributed by atoms with Crippen LogP contribution in [0.1, 0.15) is 42.5 Å². The normalized spacial score (nSPS) is 24.1. The molecule has 1 aliphatic heterocycles. The van der Waals surface area contributed by atoms with Crippen molar-refractivity contribution in [2.75, 3.05) is 18.8 Å². The van der Waals surface area contributed by atoms with Crippen LogP contribution in [0.3, 0.4) is 0 Å². The van der Waals surface area contributed by atoms with Crippen molar-refractivity contribution in [3.63, 3.8) is 0 Å². The molecule has 2 aliphatic rings. The van der Waals surface area contributed by atoms with E-state index in [1.54, 1.807) is 0 Å². The molecule has 0 radical (unpaired) electrons. The van der Waals surface area contributed by atoms with Crippen LogP contribution in [0.25, 0.3) is 0 Å². The highest BCUT2D eigenvalue weighted by Crippen LogP contribution is 2.36. The number of carbonyl (C=O) groups excluding carboxylic acids is 2. The number of nitrogens with zero attached hydrogens (tertiary/aromatic N) is 1. The molecule has 124 valence electrons. The Bertz CT molecular complexity index is 590. The van der Waals surface area contributed by atoms with Gasteiger partial charge in [0.15, 0.2) is 0 Å². The van der Waals surface area contributed by atoms with Crippen LogP contribution in [0.2, 0.25) is 0 Å². The van der Waals surface area contributed by atoms with Crippen molar-refractivity contribution >= 4 is 23.6 Å². The zero-order valence-corrected chi connectivity index (χ0v) is 14.2. The smallest absolute Gasteiger partial charge is 0.254 e. The van der Waals surface area contributed by atoms with E-state index in [0.717, 1.165) is 30.3 Å². The van der Waals surface area contributed by atoms with Gasteiger partial charge in [-0.3, -0.25) is 9.59 Å². The number of benzene rings is 1. The second-order valence-electron chi connectivity index (χ2n) is 6.60. The van der Waals surface area contributed by atoms with Crippen LogP contribution in [0.5, 0.6) is 0 Å². The Labute approximate surface area is 141 Å². The largest absolute Gasteiger partial charge is 0.369 e. The average molecular weight is 332 g/mol. The molecule has 1 saturated carbocycles. The first-order valence-corrected chi connectivity index (χ1v) is 9.43. The van der Waals surface area contributed by atoms with Gasteiger partial charge in [-0.15, -0.1) is 11.8 Å². The summed E-state index contributed by atoms with van der Waals surface area (Å²) >= 11 is 1.35. The number of piperidine rings is 1. The lowest BCUT2D eigenvalue weighted by Gasteiger charge is -2.41. The zero-order chi connectivity index (χ0) is 16.2. The van der Waals surface area contributed by atoms with E-state index in [2.05, 4.69) is 0 Å². The highest BCUT2D eigenvalue weighted by molar-refractivity contribution is 8.00. The minimum atomic E-state index is -0.361. The van der Waals surface area contributed by atoms with E-state index < -0.39 is 0 Å². The van der Waals surface area contributed by atoms with E-state index in [1.807, 2.05) is 29.2 Å². The van der Waals surface area contributed by atoms with E-state index in [9.17, 15) is 9.59 Å². The van der Waals surface area contributed by atoms with Gasteiger partial charge >= 0.3 is 0 Å². The SMILES string of the molecule is NC(=O)CSc1ccccc1C(=O)N1CC[C@@H]2CCCC[C@@H]2C1. The van der Waals surface area contributed by atoms with Gasteiger partial charge in [0.25, 0.3) is 5.91 Å². The van der Waals surface area contributed by atoms with Crippen molar-refractivity contribution in [1.82, 2.24) is 4.90 Å². The van der Waals surface area contributed by atoms with Crippen LogP contribution >= 0.6 is 11.8 Å². The van der Waals surface area contributed by atoms with E-state index >= 15 is 0 Å². The van der Waals surface area contributed by atoms with Gasteiger partial charge in [-0.1, -0.05) is 31.4 Å². The topological polar surface area (TPSA) is 63.4 Å². The first kappa shape index (κ1) is 16.4. The standard InChI is InChI=1S/C18H24N2O2S/c19-17(21)12-23-16-8-4-3-7-15(16)18(22)20-10-9-13-5-1-2-6-14(13)11-20/h3-4,7-8,13-14H,1-2,5-6,9-12H2,(H2,19,21)/t13-,14+/m0/s1. The Morgan fingerprint density at radius 2 is 1.87 bits per heavy atom. The summed E-state index contributed by atoms with van der Waals surface area (Å²) in [5, 5.41) is 0. The Balaban J connectivity index is 1.71. The molecule has 1 aromatic rings. The number of carbonyl (C=O) groups is 2. The van der Waals surface area contributed by atoms with Crippen LogP contribution in [0.4, 0.5) is 0 Å². The molecule has 5 heteroatoms. The minimum Gasteiger partial charge on any atom is -0.369 e. The van der Waals surface area contributed by atoms with Gasteiger partial charge in [-0.25, -0.2) is 0 Å². The van der Waals surface area contributed by atoms with Gasteiger partial charge in [0.2, 0.25) is 5.91 Å². The maximum atomic E-state index is 12.9. The Hall–Kier alpha value is -1.49. The van der Waals surface area contributed by atoms with E-state index in [-0.39, 0.29) is 17.6 Å². The highest BCUT2D eigenvalue weighted by atomic mass is 32.2. The maximum Gasteiger partial charge on any atom is 0.254 e. The molecular weight excluding hydrogens is 308 g/mol. The summed E-state index contributed by atoms with van der Waals surface area (Å²) in [6.07, 6.45) is 6.37. The van der Waals surface area contributed by atoms with Crippen molar-refractivity contribution in [2.24, 2.45) is 17.6 Å². The molecular formula is C18H24N2O2S. The predicted molar refractivity (Wildman–Crippen MR) is 92.3 cm³/mol. The number of amides is 2. The fourth-order valence-corrected chi connectivity index (χ4v) is 4.66. The molecule has 3 rings (SSSR count). The summed E-state index contributed by atoms with van der Waals surface area (Å²) in [6.45, 7) is 1.74. The number of likely N-dealkylation sites (tertiary alicyclic amines) is 1. The second kappa shape index (κ2) is 7.39. The van der Waals surface area contributed by atoms with Crippen LogP contribution in [-0.4, -0.2) is 35.6 Å². The van der Waals surface area contributed by atoms with Crippen molar-refractivity contribution in [3.8, 4) is 0 Å². The molecule has 0 bridgehead atoms. The summed E-state index contributed by atoms with van der Waals surface area (Å²) in [7, 11) is 0. The summed E-state index contributed by atoms with van der Waals surface area (Å²) in [5.74, 6) is 1.43. The molecule has 1 aromatic carbocycles. The van der Waals surface area contributed by atoms with Gasteiger partial charge in [-0.2, -0.15) is 0 Å². The average Bonchev–Trinajstić information content (AvgIpc) is 2.59. The van der Waals surface area contributed by atoms with Crippen molar-refractivity contribution < 1.29 is 9.59 Å². The number of hydrogen-bond donors (Lipinski definition) is 1. The lowest BCUT2D eigenvalue weighted by molar-refractivity contribution is -0.115. The van der Waals surface area contributed by atoms with E-state index in [4.69, 9.17) is 5.73 Å². The Morgan fingerprint density at radius 3 is 2.65 bits per heavy atom. The third-order valence-corrected chi connectivity index (χ3v) is 6.16.